The molecule has 1 aromatic heterocycles. The van der Waals surface area contributed by atoms with Gasteiger partial charge in [0.2, 0.25) is 11.8 Å². The van der Waals surface area contributed by atoms with Crippen molar-refractivity contribution in [3.05, 3.63) is 34.5 Å². The van der Waals surface area contributed by atoms with Crippen LogP contribution in [-0.4, -0.2) is 10.2 Å². The molecule has 0 unspecified atom stereocenters. The zero-order valence-corrected chi connectivity index (χ0v) is 11.7. The SMILES string of the molecule is CCc1nnc(CSc2ccc(Br)cc2N)o1. The highest BCUT2D eigenvalue weighted by Crippen LogP contribution is 2.29. The van der Waals surface area contributed by atoms with Crippen molar-refractivity contribution in [2.75, 3.05) is 5.73 Å². The predicted octanol–water partition coefficient (Wildman–Crippen LogP) is 3.27. The topological polar surface area (TPSA) is 64.9 Å². The number of anilines is 1. The van der Waals surface area contributed by atoms with E-state index in [1.807, 2.05) is 25.1 Å². The van der Waals surface area contributed by atoms with Crippen LogP contribution in [0.2, 0.25) is 0 Å². The number of nitrogens with two attached hydrogens (primary N) is 1. The molecule has 0 amide bonds. The molecule has 4 nitrogen and oxygen atoms in total. The number of halogens is 1. The number of hydrogen-bond donors (Lipinski definition) is 1. The van der Waals surface area contributed by atoms with Crippen LogP contribution < -0.4 is 5.73 Å². The van der Waals surface area contributed by atoms with Crippen LogP contribution >= 0.6 is 27.7 Å². The van der Waals surface area contributed by atoms with Crippen LogP contribution in [-0.2, 0) is 12.2 Å². The first kappa shape index (κ1) is 12.4. The second kappa shape index (κ2) is 5.55. The fourth-order valence-corrected chi connectivity index (χ4v) is 2.44. The summed E-state index contributed by atoms with van der Waals surface area (Å²) in [6.45, 7) is 1.98. The largest absolute Gasteiger partial charge is 0.424 e. The Morgan fingerprint density at radius 1 is 1.35 bits per heavy atom. The molecule has 0 spiro atoms. The van der Waals surface area contributed by atoms with E-state index in [1.165, 1.54) is 0 Å². The first-order chi connectivity index (χ1) is 8.19. The Hall–Kier alpha value is -1.01. The maximum atomic E-state index is 5.90. The van der Waals surface area contributed by atoms with Crippen molar-refractivity contribution in [3.8, 4) is 0 Å². The molecule has 0 saturated carbocycles. The van der Waals surface area contributed by atoms with Gasteiger partial charge in [-0.1, -0.05) is 22.9 Å². The minimum absolute atomic E-state index is 0.633. The molecule has 2 aromatic rings. The summed E-state index contributed by atoms with van der Waals surface area (Å²) in [5.41, 5.74) is 6.65. The number of aryl methyl sites for hydroxylation is 1. The van der Waals surface area contributed by atoms with E-state index in [2.05, 4.69) is 26.1 Å². The molecule has 0 aliphatic rings. The van der Waals surface area contributed by atoms with Crippen LogP contribution in [0.5, 0.6) is 0 Å². The molecule has 6 heteroatoms. The molecule has 0 bridgehead atoms. The second-order valence-corrected chi connectivity index (χ2v) is 5.35. The van der Waals surface area contributed by atoms with E-state index in [-0.39, 0.29) is 0 Å². The smallest absolute Gasteiger partial charge is 0.226 e. The third-order valence-electron chi connectivity index (χ3n) is 2.13. The van der Waals surface area contributed by atoms with Crippen LogP contribution in [0.4, 0.5) is 5.69 Å². The lowest BCUT2D eigenvalue weighted by Crippen LogP contribution is -1.89. The standard InChI is InChI=1S/C11H12BrN3OS/c1-2-10-14-15-11(16-10)6-17-9-4-3-7(12)5-8(9)13/h3-5H,2,6,13H2,1H3. The molecule has 0 aliphatic carbocycles. The van der Waals surface area contributed by atoms with Gasteiger partial charge >= 0.3 is 0 Å². The Labute approximate surface area is 112 Å². The average Bonchev–Trinajstić information content (AvgIpc) is 2.76. The lowest BCUT2D eigenvalue weighted by molar-refractivity contribution is 0.470. The normalized spacial score (nSPS) is 10.7. The van der Waals surface area contributed by atoms with Gasteiger partial charge in [-0.05, 0) is 18.2 Å². The van der Waals surface area contributed by atoms with Crippen LogP contribution in [0.1, 0.15) is 18.7 Å². The van der Waals surface area contributed by atoms with Crippen molar-refractivity contribution < 1.29 is 4.42 Å². The molecule has 0 saturated heterocycles. The Balaban J connectivity index is 2.02. The summed E-state index contributed by atoms with van der Waals surface area (Å²) in [7, 11) is 0. The summed E-state index contributed by atoms with van der Waals surface area (Å²) in [5, 5.41) is 7.88. The molecule has 2 rings (SSSR count). The second-order valence-electron chi connectivity index (χ2n) is 3.41. The zero-order chi connectivity index (χ0) is 12.3. The molecule has 0 radical (unpaired) electrons. The molecule has 0 aliphatic heterocycles. The number of aromatic nitrogens is 2. The lowest BCUT2D eigenvalue weighted by Gasteiger charge is -2.03. The highest BCUT2D eigenvalue weighted by Gasteiger charge is 2.06. The van der Waals surface area contributed by atoms with Gasteiger partial charge in [0.1, 0.15) is 0 Å². The van der Waals surface area contributed by atoms with Gasteiger partial charge in [-0.3, -0.25) is 0 Å². The van der Waals surface area contributed by atoms with Gasteiger partial charge in [-0.2, -0.15) is 0 Å². The summed E-state index contributed by atoms with van der Waals surface area (Å²) >= 11 is 4.97. The lowest BCUT2D eigenvalue weighted by atomic mass is 10.3. The van der Waals surface area contributed by atoms with Gasteiger partial charge in [0.25, 0.3) is 0 Å². The minimum atomic E-state index is 0.633. The molecule has 1 aromatic carbocycles. The van der Waals surface area contributed by atoms with E-state index in [1.54, 1.807) is 11.8 Å². The summed E-state index contributed by atoms with van der Waals surface area (Å²) in [5.74, 6) is 1.94. The third-order valence-corrected chi connectivity index (χ3v) is 3.70. The number of thioether (sulfide) groups is 1. The van der Waals surface area contributed by atoms with Crippen molar-refractivity contribution in [1.82, 2.24) is 10.2 Å². The Kier molecular flexibility index (Phi) is 4.06. The van der Waals surface area contributed by atoms with E-state index < -0.39 is 0 Å². The minimum Gasteiger partial charge on any atom is -0.424 e. The molecule has 2 N–H and O–H groups in total. The molecule has 0 fully saturated rings. The molecular formula is C11H12BrN3OS. The van der Waals surface area contributed by atoms with E-state index >= 15 is 0 Å². The molecule has 0 atom stereocenters. The summed E-state index contributed by atoms with van der Waals surface area (Å²) < 4.78 is 6.40. The van der Waals surface area contributed by atoms with E-state index in [0.29, 0.717) is 17.5 Å². The highest BCUT2D eigenvalue weighted by atomic mass is 79.9. The quantitative estimate of drug-likeness (QED) is 0.693. The third kappa shape index (κ3) is 3.23. The van der Waals surface area contributed by atoms with E-state index in [0.717, 1.165) is 21.5 Å². The Morgan fingerprint density at radius 3 is 2.76 bits per heavy atom. The first-order valence-corrected chi connectivity index (χ1v) is 6.96. The van der Waals surface area contributed by atoms with Crippen molar-refractivity contribution in [2.24, 2.45) is 0 Å². The van der Waals surface area contributed by atoms with Gasteiger partial charge in [-0.15, -0.1) is 22.0 Å². The molecule has 90 valence electrons. The average molecular weight is 314 g/mol. The summed E-state index contributed by atoms with van der Waals surface area (Å²) in [6.07, 6.45) is 0.762. The number of nitrogen functional groups attached to an aromatic ring is 1. The van der Waals surface area contributed by atoms with Gasteiger partial charge in [0.05, 0.1) is 5.75 Å². The Morgan fingerprint density at radius 2 is 2.12 bits per heavy atom. The van der Waals surface area contributed by atoms with Gasteiger partial charge in [0, 0.05) is 21.5 Å². The van der Waals surface area contributed by atoms with Crippen LogP contribution in [0, 0.1) is 0 Å². The maximum Gasteiger partial charge on any atom is 0.226 e. The number of nitrogens with zero attached hydrogens (tertiary/aromatic N) is 2. The van der Waals surface area contributed by atoms with Crippen LogP contribution in [0.25, 0.3) is 0 Å². The Bertz CT molecular complexity index is 515. The summed E-state index contributed by atoms with van der Waals surface area (Å²) in [6, 6.07) is 5.82. The number of rotatable bonds is 4. The van der Waals surface area contributed by atoms with Gasteiger partial charge in [0.15, 0.2) is 0 Å². The van der Waals surface area contributed by atoms with Crippen molar-refractivity contribution >= 4 is 33.4 Å². The van der Waals surface area contributed by atoms with Crippen molar-refractivity contribution in [1.29, 1.82) is 0 Å². The zero-order valence-electron chi connectivity index (χ0n) is 9.31. The van der Waals surface area contributed by atoms with E-state index in [9.17, 15) is 0 Å². The van der Waals surface area contributed by atoms with Crippen molar-refractivity contribution in [3.63, 3.8) is 0 Å². The fraction of sp³-hybridized carbons (Fsp3) is 0.273. The first-order valence-electron chi connectivity index (χ1n) is 5.18. The molecular weight excluding hydrogens is 302 g/mol. The van der Waals surface area contributed by atoms with Crippen LogP contribution in [0.15, 0.2) is 32.0 Å². The highest BCUT2D eigenvalue weighted by molar-refractivity contribution is 9.10. The van der Waals surface area contributed by atoms with Gasteiger partial charge in [-0.25, -0.2) is 0 Å². The maximum absolute atomic E-state index is 5.90. The van der Waals surface area contributed by atoms with Crippen LogP contribution in [0.3, 0.4) is 0 Å². The molecule has 1 heterocycles. The number of hydrogen-bond acceptors (Lipinski definition) is 5. The predicted molar refractivity (Wildman–Crippen MR) is 71.8 cm³/mol. The molecule has 17 heavy (non-hydrogen) atoms. The monoisotopic (exact) mass is 313 g/mol. The van der Waals surface area contributed by atoms with Crippen molar-refractivity contribution in [2.45, 2.75) is 24.0 Å². The fourth-order valence-electron chi connectivity index (χ4n) is 1.28. The summed E-state index contributed by atoms with van der Waals surface area (Å²) in [4.78, 5) is 1.02. The van der Waals surface area contributed by atoms with E-state index in [4.69, 9.17) is 10.2 Å². The number of benzene rings is 1. The van der Waals surface area contributed by atoms with Gasteiger partial charge < -0.3 is 10.2 Å².